The van der Waals surface area contributed by atoms with Crippen LogP contribution in [0.3, 0.4) is 0 Å². The molecule has 3 rings (SSSR count). The van der Waals surface area contributed by atoms with Crippen LogP contribution in [-0.2, 0) is 0 Å². The van der Waals surface area contributed by atoms with Gasteiger partial charge in [0, 0.05) is 35.8 Å². The Kier molecular flexibility index (Phi) is 3.87. The van der Waals surface area contributed by atoms with Crippen molar-refractivity contribution in [3.05, 3.63) is 59.7 Å². The second-order valence-corrected chi connectivity index (χ2v) is 6.44. The first-order valence-electron chi connectivity index (χ1n) is 7.60. The van der Waals surface area contributed by atoms with E-state index in [4.69, 9.17) is 4.74 Å². The first-order chi connectivity index (χ1) is 10.5. The van der Waals surface area contributed by atoms with Crippen molar-refractivity contribution in [2.75, 3.05) is 0 Å². The van der Waals surface area contributed by atoms with Gasteiger partial charge < -0.3 is 10.1 Å². The molecule has 0 saturated heterocycles. The summed E-state index contributed by atoms with van der Waals surface area (Å²) >= 11 is 0. The van der Waals surface area contributed by atoms with Gasteiger partial charge in [-0.05, 0) is 32.9 Å². The molecule has 0 aliphatic carbocycles. The van der Waals surface area contributed by atoms with Gasteiger partial charge in [0.15, 0.2) is 0 Å². The first kappa shape index (κ1) is 15.0. The Morgan fingerprint density at radius 2 is 2.09 bits per heavy atom. The summed E-state index contributed by atoms with van der Waals surface area (Å²) in [5.74, 6) is 0.626. The molecule has 0 bridgehead atoms. The number of nitrogens with zero attached hydrogens (tertiary/aromatic N) is 1. The van der Waals surface area contributed by atoms with Crippen molar-refractivity contribution in [2.24, 2.45) is 0 Å². The van der Waals surface area contributed by atoms with Crippen LogP contribution in [0.2, 0.25) is 0 Å². The van der Waals surface area contributed by atoms with E-state index in [-0.39, 0.29) is 23.5 Å². The molecule has 2 aromatic rings. The highest BCUT2D eigenvalue weighted by atomic mass is 19.1. The number of ether oxygens (including phenoxy) is 1. The van der Waals surface area contributed by atoms with Crippen LogP contribution >= 0.6 is 0 Å². The van der Waals surface area contributed by atoms with Crippen LogP contribution in [-0.4, -0.2) is 10.6 Å². The number of para-hydroxylation sites is 1. The average molecular weight is 300 g/mol. The van der Waals surface area contributed by atoms with E-state index < -0.39 is 0 Å². The first-order valence-corrected chi connectivity index (χ1v) is 7.60. The summed E-state index contributed by atoms with van der Waals surface area (Å²) in [7, 11) is 0. The number of nitrogens with one attached hydrogen (secondary N) is 1. The number of pyridine rings is 1. The SMILES string of the molecule is C[C@@H](N[C@@H]1CC(C)(C)Oc2ccccc21)c1ccncc1F. The summed E-state index contributed by atoms with van der Waals surface area (Å²) in [5.41, 5.74) is 1.52. The van der Waals surface area contributed by atoms with Crippen molar-refractivity contribution in [3.63, 3.8) is 0 Å². The van der Waals surface area contributed by atoms with Crippen LogP contribution in [0.5, 0.6) is 5.75 Å². The summed E-state index contributed by atoms with van der Waals surface area (Å²) in [6.07, 6.45) is 3.72. The number of rotatable bonds is 3. The maximum atomic E-state index is 13.9. The van der Waals surface area contributed by atoms with Gasteiger partial charge in [-0.1, -0.05) is 18.2 Å². The molecule has 116 valence electrons. The molecular formula is C18H21FN2O. The van der Waals surface area contributed by atoms with Crippen molar-refractivity contribution in [1.29, 1.82) is 0 Å². The third-order valence-electron chi connectivity index (χ3n) is 4.10. The van der Waals surface area contributed by atoms with E-state index >= 15 is 0 Å². The Morgan fingerprint density at radius 1 is 1.32 bits per heavy atom. The zero-order chi connectivity index (χ0) is 15.7. The number of hydrogen-bond acceptors (Lipinski definition) is 3. The van der Waals surface area contributed by atoms with Crippen LogP contribution in [0, 0.1) is 5.82 Å². The Hall–Kier alpha value is -1.94. The minimum Gasteiger partial charge on any atom is -0.487 e. The van der Waals surface area contributed by atoms with E-state index in [2.05, 4.69) is 30.2 Å². The van der Waals surface area contributed by atoms with Gasteiger partial charge in [0.25, 0.3) is 0 Å². The smallest absolute Gasteiger partial charge is 0.146 e. The molecule has 3 nitrogen and oxygen atoms in total. The molecule has 0 unspecified atom stereocenters. The summed E-state index contributed by atoms with van der Waals surface area (Å²) in [4.78, 5) is 3.81. The number of hydrogen-bond donors (Lipinski definition) is 1. The largest absolute Gasteiger partial charge is 0.487 e. The van der Waals surface area contributed by atoms with E-state index in [0.717, 1.165) is 17.7 Å². The lowest BCUT2D eigenvalue weighted by molar-refractivity contribution is 0.0640. The number of benzene rings is 1. The van der Waals surface area contributed by atoms with Crippen molar-refractivity contribution in [3.8, 4) is 5.75 Å². The van der Waals surface area contributed by atoms with E-state index in [1.165, 1.54) is 6.20 Å². The van der Waals surface area contributed by atoms with E-state index in [1.54, 1.807) is 12.3 Å². The van der Waals surface area contributed by atoms with E-state index in [1.807, 2.05) is 25.1 Å². The lowest BCUT2D eigenvalue weighted by Gasteiger charge is -2.39. The molecule has 2 heterocycles. The molecule has 1 aliphatic rings. The third-order valence-corrected chi connectivity index (χ3v) is 4.10. The minimum atomic E-state index is -0.276. The van der Waals surface area contributed by atoms with Gasteiger partial charge in [0.2, 0.25) is 0 Å². The Balaban J connectivity index is 1.87. The van der Waals surface area contributed by atoms with Crippen LogP contribution < -0.4 is 10.1 Å². The van der Waals surface area contributed by atoms with Crippen molar-refractivity contribution in [2.45, 2.75) is 44.9 Å². The van der Waals surface area contributed by atoms with Crippen molar-refractivity contribution in [1.82, 2.24) is 10.3 Å². The fourth-order valence-electron chi connectivity index (χ4n) is 3.08. The van der Waals surface area contributed by atoms with Gasteiger partial charge >= 0.3 is 0 Å². The molecule has 4 heteroatoms. The highest BCUT2D eigenvalue weighted by Crippen LogP contribution is 2.40. The van der Waals surface area contributed by atoms with E-state index in [0.29, 0.717) is 5.56 Å². The molecular weight excluding hydrogens is 279 g/mol. The summed E-state index contributed by atoms with van der Waals surface area (Å²) in [6, 6.07) is 9.79. The molecule has 1 aromatic heterocycles. The Bertz CT molecular complexity index is 672. The summed E-state index contributed by atoms with van der Waals surface area (Å²) < 4.78 is 20.0. The standard InChI is InChI=1S/C18H21FN2O/c1-12(13-8-9-20-11-15(13)19)21-16-10-18(2,3)22-17-7-5-4-6-14(16)17/h4-9,11-12,16,21H,10H2,1-3H3/t12-,16-/m1/s1. The summed E-state index contributed by atoms with van der Waals surface area (Å²) in [6.45, 7) is 6.13. The number of fused-ring (bicyclic) bond motifs is 1. The van der Waals surface area contributed by atoms with Gasteiger partial charge in [-0.3, -0.25) is 4.98 Å². The van der Waals surface area contributed by atoms with Crippen molar-refractivity contribution < 1.29 is 9.13 Å². The maximum absolute atomic E-state index is 13.9. The molecule has 1 aliphatic heterocycles. The van der Waals surface area contributed by atoms with Crippen LogP contribution in [0.25, 0.3) is 0 Å². The monoisotopic (exact) mass is 300 g/mol. The minimum absolute atomic E-state index is 0.102. The van der Waals surface area contributed by atoms with Gasteiger partial charge in [-0.15, -0.1) is 0 Å². The lowest BCUT2D eigenvalue weighted by atomic mass is 9.89. The van der Waals surface area contributed by atoms with Crippen LogP contribution in [0.15, 0.2) is 42.7 Å². The number of aromatic nitrogens is 1. The number of halogens is 1. The fourth-order valence-corrected chi connectivity index (χ4v) is 3.08. The fraction of sp³-hybridized carbons (Fsp3) is 0.389. The van der Waals surface area contributed by atoms with Crippen LogP contribution in [0.1, 0.15) is 50.4 Å². The lowest BCUT2D eigenvalue weighted by Crippen LogP contribution is -2.40. The zero-order valence-corrected chi connectivity index (χ0v) is 13.1. The molecule has 0 spiro atoms. The van der Waals surface area contributed by atoms with Gasteiger partial charge in [-0.25, -0.2) is 4.39 Å². The predicted octanol–water partition coefficient (Wildman–Crippen LogP) is 4.17. The molecule has 0 radical (unpaired) electrons. The second-order valence-electron chi connectivity index (χ2n) is 6.44. The maximum Gasteiger partial charge on any atom is 0.146 e. The summed E-state index contributed by atoms with van der Waals surface area (Å²) in [5, 5.41) is 3.54. The molecule has 0 saturated carbocycles. The predicted molar refractivity (Wildman–Crippen MR) is 84.3 cm³/mol. The molecule has 22 heavy (non-hydrogen) atoms. The van der Waals surface area contributed by atoms with E-state index in [9.17, 15) is 4.39 Å². The van der Waals surface area contributed by atoms with Gasteiger partial charge in [0.05, 0.1) is 6.20 Å². The Morgan fingerprint density at radius 3 is 2.86 bits per heavy atom. The van der Waals surface area contributed by atoms with Gasteiger partial charge in [0.1, 0.15) is 17.2 Å². The topological polar surface area (TPSA) is 34.1 Å². The molecule has 2 atom stereocenters. The normalized spacial score (nSPS) is 20.8. The average Bonchev–Trinajstić information content (AvgIpc) is 2.46. The van der Waals surface area contributed by atoms with Crippen LogP contribution in [0.4, 0.5) is 4.39 Å². The highest BCUT2D eigenvalue weighted by Gasteiger charge is 2.34. The molecule has 0 amide bonds. The Labute approximate surface area is 130 Å². The third kappa shape index (κ3) is 2.97. The zero-order valence-electron chi connectivity index (χ0n) is 13.1. The molecule has 0 fully saturated rings. The van der Waals surface area contributed by atoms with Crippen molar-refractivity contribution >= 4 is 0 Å². The van der Waals surface area contributed by atoms with Gasteiger partial charge in [-0.2, -0.15) is 0 Å². The second kappa shape index (κ2) is 5.69. The molecule has 1 N–H and O–H groups in total. The highest BCUT2D eigenvalue weighted by molar-refractivity contribution is 5.39. The quantitative estimate of drug-likeness (QED) is 0.923. The molecule has 1 aromatic carbocycles.